The Balaban J connectivity index is 2.15. The number of aryl methyl sites for hydroxylation is 1. The van der Waals surface area contributed by atoms with Crippen LogP contribution in [0.3, 0.4) is 0 Å². The van der Waals surface area contributed by atoms with Gasteiger partial charge in [0, 0.05) is 17.0 Å². The van der Waals surface area contributed by atoms with E-state index in [-0.39, 0.29) is 0 Å². The molecule has 1 heterocycles. The molecular weight excluding hydrogens is 260 g/mol. The van der Waals surface area contributed by atoms with Gasteiger partial charge in [0.1, 0.15) is 5.82 Å². The van der Waals surface area contributed by atoms with Crippen molar-refractivity contribution in [3.05, 3.63) is 23.4 Å². The topological polar surface area (TPSA) is 62.2 Å². The molecule has 1 aromatic rings. The summed E-state index contributed by atoms with van der Waals surface area (Å²) in [7, 11) is 0. The second kappa shape index (κ2) is 6.28. The lowest BCUT2D eigenvalue weighted by Gasteiger charge is -2.31. The lowest BCUT2D eigenvalue weighted by atomic mass is 9.95. The molecule has 2 atom stereocenters. The normalized spacial score (nSPS) is 23.1. The van der Waals surface area contributed by atoms with Gasteiger partial charge < -0.3 is 10.4 Å². The number of aromatic nitrogens is 1. The number of anilines is 1. The Morgan fingerprint density at radius 1 is 1.42 bits per heavy atom. The number of hydrogen-bond acceptors (Lipinski definition) is 4. The van der Waals surface area contributed by atoms with E-state index in [4.69, 9.17) is 5.11 Å². The summed E-state index contributed by atoms with van der Waals surface area (Å²) in [5.74, 6) is -0.220. The Bertz CT molecular complexity index is 465. The smallest absolute Gasteiger partial charge is 0.335 e. The third-order valence-electron chi connectivity index (χ3n) is 3.54. The maximum atomic E-state index is 11.1. The Hall–Kier alpha value is -1.23. The van der Waals surface area contributed by atoms with E-state index in [2.05, 4.69) is 16.6 Å². The number of thioether (sulfide) groups is 1. The summed E-state index contributed by atoms with van der Waals surface area (Å²) >= 11 is 1.88. The van der Waals surface area contributed by atoms with Crippen molar-refractivity contribution < 1.29 is 9.90 Å². The monoisotopic (exact) mass is 280 g/mol. The molecule has 1 fully saturated rings. The number of nitrogens with zero attached hydrogens (tertiary/aromatic N) is 1. The van der Waals surface area contributed by atoms with Gasteiger partial charge in [-0.2, -0.15) is 11.8 Å². The van der Waals surface area contributed by atoms with Crippen LogP contribution in [0.4, 0.5) is 5.82 Å². The van der Waals surface area contributed by atoms with Gasteiger partial charge in [-0.05, 0) is 38.2 Å². The van der Waals surface area contributed by atoms with Crippen LogP contribution in [0.5, 0.6) is 0 Å². The lowest BCUT2D eigenvalue weighted by molar-refractivity contribution is 0.0696. The predicted octanol–water partition coefficient (Wildman–Crippen LogP) is 3.17. The summed E-state index contributed by atoms with van der Waals surface area (Å²) in [6.45, 7) is 1.82. The van der Waals surface area contributed by atoms with E-state index in [0.717, 1.165) is 12.1 Å². The maximum absolute atomic E-state index is 11.1. The largest absolute Gasteiger partial charge is 0.478 e. The molecule has 1 aliphatic rings. The molecule has 19 heavy (non-hydrogen) atoms. The summed E-state index contributed by atoms with van der Waals surface area (Å²) in [5.41, 5.74) is 1.03. The molecule has 0 bridgehead atoms. The van der Waals surface area contributed by atoms with Crippen LogP contribution in [0.25, 0.3) is 0 Å². The molecule has 1 saturated carbocycles. The average molecular weight is 280 g/mol. The maximum Gasteiger partial charge on any atom is 0.335 e. The van der Waals surface area contributed by atoms with E-state index in [9.17, 15) is 4.79 Å². The highest BCUT2D eigenvalue weighted by Crippen LogP contribution is 2.29. The Morgan fingerprint density at radius 3 is 2.84 bits per heavy atom. The van der Waals surface area contributed by atoms with Gasteiger partial charge in [-0.15, -0.1) is 0 Å². The minimum atomic E-state index is -0.904. The van der Waals surface area contributed by atoms with Crippen molar-refractivity contribution in [2.75, 3.05) is 11.6 Å². The van der Waals surface area contributed by atoms with Crippen molar-refractivity contribution in [1.82, 2.24) is 4.98 Å². The fourth-order valence-corrected chi connectivity index (χ4v) is 3.54. The molecule has 1 aromatic heterocycles. The number of nitrogens with one attached hydrogen (secondary N) is 1. The van der Waals surface area contributed by atoms with Gasteiger partial charge in [-0.3, -0.25) is 0 Å². The second-order valence-electron chi connectivity index (χ2n) is 5.00. The van der Waals surface area contributed by atoms with Crippen LogP contribution in [0.15, 0.2) is 12.1 Å². The molecule has 0 aromatic carbocycles. The van der Waals surface area contributed by atoms with E-state index < -0.39 is 5.97 Å². The van der Waals surface area contributed by atoms with Crippen LogP contribution in [0, 0.1) is 6.92 Å². The first kappa shape index (κ1) is 14.2. The molecule has 104 valence electrons. The molecule has 4 nitrogen and oxygen atoms in total. The van der Waals surface area contributed by atoms with Crippen molar-refractivity contribution in [2.45, 2.75) is 43.9 Å². The number of pyridine rings is 1. The summed E-state index contributed by atoms with van der Waals surface area (Å²) < 4.78 is 0. The van der Waals surface area contributed by atoms with E-state index in [1.54, 1.807) is 12.1 Å². The average Bonchev–Trinajstić information content (AvgIpc) is 2.38. The molecule has 1 aliphatic carbocycles. The summed E-state index contributed by atoms with van der Waals surface area (Å²) in [6, 6.07) is 3.61. The fourth-order valence-electron chi connectivity index (χ4n) is 2.60. The van der Waals surface area contributed by atoms with E-state index in [1.165, 1.54) is 19.3 Å². The molecule has 2 unspecified atom stereocenters. The Kier molecular flexibility index (Phi) is 4.69. The van der Waals surface area contributed by atoms with Crippen LogP contribution in [0.1, 0.15) is 41.7 Å². The summed E-state index contributed by atoms with van der Waals surface area (Å²) in [5, 5.41) is 13.1. The van der Waals surface area contributed by atoms with Crippen LogP contribution in [0.2, 0.25) is 0 Å². The van der Waals surface area contributed by atoms with Gasteiger partial charge in [0.25, 0.3) is 0 Å². The first-order chi connectivity index (χ1) is 9.10. The van der Waals surface area contributed by atoms with Crippen molar-refractivity contribution in [3.63, 3.8) is 0 Å². The first-order valence-electron chi connectivity index (χ1n) is 6.61. The Labute approximate surface area is 118 Å². The molecule has 0 aliphatic heterocycles. The number of aromatic carboxylic acids is 1. The number of carboxylic acid groups (broad SMARTS) is 1. The van der Waals surface area contributed by atoms with Crippen molar-refractivity contribution in [3.8, 4) is 0 Å². The standard InChI is InChI=1S/C14H20N2O2S/c1-9-7-10(14(17)18)8-13(15-9)16-11-5-3-4-6-12(11)19-2/h7-8,11-12H,3-6H2,1-2H3,(H,15,16)(H,17,18). The van der Waals surface area contributed by atoms with Gasteiger partial charge in [0.2, 0.25) is 0 Å². The third-order valence-corrected chi connectivity index (χ3v) is 4.71. The second-order valence-corrected chi connectivity index (χ2v) is 6.07. The molecule has 5 heteroatoms. The highest BCUT2D eigenvalue weighted by atomic mass is 32.2. The van der Waals surface area contributed by atoms with E-state index >= 15 is 0 Å². The zero-order valence-electron chi connectivity index (χ0n) is 11.3. The third kappa shape index (κ3) is 3.62. The zero-order chi connectivity index (χ0) is 13.8. The van der Waals surface area contributed by atoms with Crippen LogP contribution in [-0.4, -0.2) is 33.6 Å². The van der Waals surface area contributed by atoms with Crippen LogP contribution in [-0.2, 0) is 0 Å². The van der Waals surface area contributed by atoms with Crippen molar-refractivity contribution >= 4 is 23.5 Å². The van der Waals surface area contributed by atoms with Crippen molar-refractivity contribution in [1.29, 1.82) is 0 Å². The molecule has 0 radical (unpaired) electrons. The van der Waals surface area contributed by atoms with Gasteiger partial charge in [0.05, 0.1) is 5.56 Å². The number of carbonyl (C=O) groups is 1. The number of carboxylic acids is 1. The number of rotatable bonds is 4. The summed E-state index contributed by atoms with van der Waals surface area (Å²) in [4.78, 5) is 15.5. The molecule has 0 amide bonds. The van der Waals surface area contributed by atoms with E-state index in [1.807, 2.05) is 18.7 Å². The number of hydrogen-bond donors (Lipinski definition) is 2. The molecule has 0 saturated heterocycles. The van der Waals surface area contributed by atoms with Crippen LogP contribution >= 0.6 is 11.8 Å². The minimum Gasteiger partial charge on any atom is -0.478 e. The molecule has 2 rings (SSSR count). The summed E-state index contributed by atoms with van der Waals surface area (Å²) in [6.07, 6.45) is 6.99. The van der Waals surface area contributed by atoms with Gasteiger partial charge in [0.15, 0.2) is 0 Å². The van der Waals surface area contributed by atoms with Gasteiger partial charge >= 0.3 is 5.97 Å². The predicted molar refractivity (Wildman–Crippen MR) is 79.1 cm³/mol. The first-order valence-corrected chi connectivity index (χ1v) is 7.90. The molecule has 2 N–H and O–H groups in total. The highest BCUT2D eigenvalue weighted by molar-refractivity contribution is 7.99. The van der Waals surface area contributed by atoms with Gasteiger partial charge in [-0.1, -0.05) is 12.8 Å². The zero-order valence-corrected chi connectivity index (χ0v) is 12.2. The van der Waals surface area contributed by atoms with Crippen molar-refractivity contribution in [2.24, 2.45) is 0 Å². The van der Waals surface area contributed by atoms with Crippen LogP contribution < -0.4 is 5.32 Å². The van der Waals surface area contributed by atoms with Gasteiger partial charge in [-0.25, -0.2) is 9.78 Å². The lowest BCUT2D eigenvalue weighted by Crippen LogP contribution is -2.34. The Morgan fingerprint density at radius 2 is 2.16 bits per heavy atom. The quantitative estimate of drug-likeness (QED) is 0.887. The SMILES string of the molecule is CSC1CCCCC1Nc1cc(C(=O)O)cc(C)n1. The molecule has 0 spiro atoms. The minimum absolute atomic E-state index is 0.298. The molecular formula is C14H20N2O2S. The van der Waals surface area contributed by atoms with E-state index in [0.29, 0.717) is 22.7 Å². The fraction of sp³-hybridized carbons (Fsp3) is 0.571. The highest BCUT2D eigenvalue weighted by Gasteiger charge is 2.24.